The smallest absolute Gasteiger partial charge is 0.383 e. The molecule has 0 aromatic carbocycles. The molecule has 13 heteroatoms. The minimum atomic E-state index is -5.01. The predicted molar refractivity (Wildman–Crippen MR) is 91.1 cm³/mol. The molecule has 2 aromatic rings. The zero-order chi connectivity index (χ0) is 18.8. The molecule has 1 atom stereocenters. The van der Waals surface area contributed by atoms with Gasteiger partial charge in [0.2, 0.25) is 5.51 Å². The SMILES string of the molecule is Cc1ncc(C[n+]2csc(CCP(=O)(O)OP(=O)(O)O)c2C)c(N)n1. The molecule has 0 fully saturated rings. The third kappa shape index (κ3) is 5.93. The van der Waals surface area contributed by atoms with Crippen molar-refractivity contribution in [3.8, 4) is 0 Å². The van der Waals surface area contributed by atoms with Gasteiger partial charge in [0.15, 0.2) is 12.2 Å². The highest BCUT2D eigenvalue weighted by molar-refractivity contribution is 7.63. The van der Waals surface area contributed by atoms with Gasteiger partial charge < -0.3 is 20.4 Å². The average molecular weight is 409 g/mol. The molecule has 10 nitrogen and oxygen atoms in total. The molecule has 138 valence electrons. The molecule has 0 bridgehead atoms. The Morgan fingerprint density at radius 1 is 1.32 bits per heavy atom. The average Bonchev–Trinajstić information content (AvgIpc) is 2.78. The molecule has 0 aliphatic heterocycles. The number of hydrogen-bond acceptors (Lipinski definition) is 7. The van der Waals surface area contributed by atoms with Gasteiger partial charge in [-0.1, -0.05) is 11.3 Å². The summed E-state index contributed by atoms with van der Waals surface area (Å²) in [5, 5.41) is 0. The van der Waals surface area contributed by atoms with E-state index in [1.807, 2.05) is 17.0 Å². The van der Waals surface area contributed by atoms with Crippen molar-refractivity contribution in [3.63, 3.8) is 0 Å². The van der Waals surface area contributed by atoms with Crippen molar-refractivity contribution in [2.45, 2.75) is 26.8 Å². The second-order valence-electron chi connectivity index (χ2n) is 5.37. The van der Waals surface area contributed by atoms with Crippen LogP contribution in [0.2, 0.25) is 0 Å². The Morgan fingerprint density at radius 2 is 2.00 bits per heavy atom. The van der Waals surface area contributed by atoms with Gasteiger partial charge in [0.25, 0.3) is 0 Å². The number of anilines is 1. The lowest BCUT2D eigenvalue weighted by molar-refractivity contribution is -0.689. The first-order chi connectivity index (χ1) is 11.5. The molecule has 0 saturated heterocycles. The van der Waals surface area contributed by atoms with E-state index < -0.39 is 21.6 Å². The zero-order valence-corrected chi connectivity index (χ0v) is 16.2. The lowest BCUT2D eigenvalue weighted by Gasteiger charge is -2.11. The van der Waals surface area contributed by atoms with E-state index in [1.54, 1.807) is 13.1 Å². The van der Waals surface area contributed by atoms with Gasteiger partial charge >= 0.3 is 15.4 Å². The number of phosphoric acid groups is 1. The molecular weight excluding hydrogens is 390 g/mol. The topological polar surface area (TPSA) is 160 Å². The molecule has 1 unspecified atom stereocenters. The molecule has 0 aliphatic rings. The fourth-order valence-corrected chi connectivity index (χ4v) is 5.42. The van der Waals surface area contributed by atoms with Gasteiger partial charge in [0, 0.05) is 13.1 Å². The first-order valence-electron chi connectivity index (χ1n) is 7.10. The molecule has 2 heterocycles. The van der Waals surface area contributed by atoms with Crippen molar-refractivity contribution < 1.29 is 32.7 Å². The van der Waals surface area contributed by atoms with Crippen LogP contribution in [0.15, 0.2) is 11.7 Å². The summed E-state index contributed by atoms with van der Waals surface area (Å²) in [5.74, 6) is 0.972. The van der Waals surface area contributed by atoms with E-state index in [-0.39, 0.29) is 6.42 Å². The van der Waals surface area contributed by atoms with Gasteiger partial charge in [-0.3, -0.25) is 4.57 Å². The lowest BCUT2D eigenvalue weighted by Crippen LogP contribution is -2.35. The van der Waals surface area contributed by atoms with E-state index in [1.165, 1.54) is 11.3 Å². The van der Waals surface area contributed by atoms with Crippen LogP contribution in [0, 0.1) is 13.8 Å². The van der Waals surface area contributed by atoms with Crippen LogP contribution in [0.5, 0.6) is 0 Å². The van der Waals surface area contributed by atoms with Crippen molar-refractivity contribution in [1.82, 2.24) is 9.97 Å². The Bertz CT molecular complexity index is 867. The zero-order valence-electron chi connectivity index (χ0n) is 13.6. The van der Waals surface area contributed by atoms with Crippen molar-refractivity contribution in [1.29, 1.82) is 0 Å². The maximum Gasteiger partial charge on any atom is 0.476 e. The number of nitrogen functional groups attached to an aromatic ring is 1. The molecule has 2 aromatic heterocycles. The van der Waals surface area contributed by atoms with Crippen LogP contribution in [-0.2, 0) is 26.4 Å². The van der Waals surface area contributed by atoms with Gasteiger partial charge in [-0.15, -0.1) is 0 Å². The maximum atomic E-state index is 11.7. The molecular formula is C12H19N4O6P2S+. The molecule has 5 N–H and O–H groups in total. The normalized spacial score (nSPS) is 14.4. The molecule has 0 radical (unpaired) electrons. The van der Waals surface area contributed by atoms with Crippen molar-refractivity contribution in [2.75, 3.05) is 11.9 Å². The summed E-state index contributed by atoms with van der Waals surface area (Å²) in [6.07, 6.45) is 1.41. The summed E-state index contributed by atoms with van der Waals surface area (Å²) in [4.78, 5) is 35.8. The van der Waals surface area contributed by atoms with Crippen LogP contribution in [0.25, 0.3) is 0 Å². The highest BCUT2D eigenvalue weighted by atomic mass is 32.1. The minimum absolute atomic E-state index is 0.150. The van der Waals surface area contributed by atoms with Gasteiger partial charge in [0.05, 0.1) is 16.6 Å². The highest BCUT2D eigenvalue weighted by Gasteiger charge is 2.31. The van der Waals surface area contributed by atoms with E-state index in [4.69, 9.17) is 15.5 Å². The van der Waals surface area contributed by atoms with Crippen LogP contribution < -0.4 is 10.3 Å². The molecule has 0 amide bonds. The summed E-state index contributed by atoms with van der Waals surface area (Å²) >= 11 is 1.36. The van der Waals surface area contributed by atoms with E-state index in [0.717, 1.165) is 16.1 Å². The van der Waals surface area contributed by atoms with Crippen molar-refractivity contribution >= 4 is 32.6 Å². The summed E-state index contributed by atoms with van der Waals surface area (Å²) in [6, 6.07) is 0. The van der Waals surface area contributed by atoms with Crippen LogP contribution in [-0.4, -0.2) is 30.8 Å². The Morgan fingerprint density at radius 3 is 2.60 bits per heavy atom. The number of aromatic nitrogens is 3. The van der Waals surface area contributed by atoms with Crippen molar-refractivity contribution in [3.05, 3.63) is 33.7 Å². The molecule has 25 heavy (non-hydrogen) atoms. The highest BCUT2D eigenvalue weighted by Crippen LogP contribution is 2.57. The monoisotopic (exact) mass is 409 g/mol. The Labute approximate surface area is 148 Å². The van der Waals surface area contributed by atoms with E-state index in [9.17, 15) is 14.0 Å². The maximum absolute atomic E-state index is 11.7. The van der Waals surface area contributed by atoms with Crippen LogP contribution >= 0.6 is 26.8 Å². The number of thiazole rings is 1. The largest absolute Gasteiger partial charge is 0.476 e. The van der Waals surface area contributed by atoms with Gasteiger partial charge in [-0.2, -0.15) is 4.57 Å². The molecule has 0 aliphatic carbocycles. The predicted octanol–water partition coefficient (Wildman–Crippen LogP) is 0.910. The first kappa shape index (κ1) is 20.1. The number of aryl methyl sites for hydroxylation is 2. The third-order valence-corrected chi connectivity index (χ3v) is 7.18. The standard InChI is InChI=1S/C12H18N4O6P2S/c1-8-11(3-4-23(17,18)22-24(19,20)21)25-7-16(8)6-10-5-14-9(2)15-12(10)13/h5,7H,3-4,6H2,1-2H3,(H4-,13,14,15,17,18,19,20,21)/p+1. The van der Waals surface area contributed by atoms with Crippen LogP contribution in [0.3, 0.4) is 0 Å². The Balaban J connectivity index is 2.08. The summed E-state index contributed by atoms with van der Waals surface area (Å²) in [6.45, 7) is 4.03. The van der Waals surface area contributed by atoms with E-state index in [2.05, 4.69) is 14.3 Å². The number of hydrogen-bond donors (Lipinski definition) is 4. The number of nitrogens with zero attached hydrogens (tertiary/aromatic N) is 3. The van der Waals surface area contributed by atoms with E-state index in [0.29, 0.717) is 18.2 Å². The summed E-state index contributed by atoms with van der Waals surface area (Å²) in [5.41, 5.74) is 9.31. The number of nitrogens with two attached hydrogens (primary N) is 1. The van der Waals surface area contributed by atoms with Gasteiger partial charge in [0.1, 0.15) is 11.6 Å². The quantitative estimate of drug-likeness (QED) is 0.385. The molecule has 0 spiro atoms. The van der Waals surface area contributed by atoms with E-state index >= 15 is 0 Å². The summed E-state index contributed by atoms with van der Waals surface area (Å²) in [7, 11) is -9.39. The molecule has 2 rings (SSSR count). The molecule has 0 saturated carbocycles. The van der Waals surface area contributed by atoms with Gasteiger partial charge in [-0.25, -0.2) is 18.8 Å². The Kier molecular flexibility index (Phi) is 6.11. The van der Waals surface area contributed by atoms with Crippen LogP contribution in [0.1, 0.15) is 22.0 Å². The third-order valence-electron chi connectivity index (χ3n) is 3.37. The Hall–Kier alpha value is -1.19. The fourth-order valence-electron chi connectivity index (χ4n) is 2.12. The second-order valence-corrected chi connectivity index (χ2v) is 9.67. The fraction of sp³-hybridized carbons (Fsp3) is 0.417. The number of rotatable bonds is 7. The first-order valence-corrected chi connectivity index (χ1v) is 11.3. The second kappa shape index (κ2) is 7.59. The van der Waals surface area contributed by atoms with Crippen LogP contribution in [0.4, 0.5) is 5.82 Å². The summed E-state index contributed by atoms with van der Waals surface area (Å²) < 4.78 is 28.3. The van der Waals surface area contributed by atoms with Gasteiger partial charge in [-0.05, 0) is 13.3 Å². The minimum Gasteiger partial charge on any atom is -0.383 e. The lowest BCUT2D eigenvalue weighted by atomic mass is 10.2. The van der Waals surface area contributed by atoms with Crippen molar-refractivity contribution in [2.24, 2.45) is 0 Å².